The van der Waals surface area contributed by atoms with Gasteiger partial charge in [0.2, 0.25) is 10.6 Å². The van der Waals surface area contributed by atoms with Gasteiger partial charge >= 0.3 is 39.1 Å². The van der Waals surface area contributed by atoms with Crippen LogP contribution < -0.4 is 10.6 Å². The molecular weight excluding hydrogens is 246 g/mol. The van der Waals surface area contributed by atoms with Crippen molar-refractivity contribution >= 4 is 49.7 Å². The van der Waals surface area contributed by atoms with Crippen LogP contribution in [-0.2, 0) is 18.2 Å². The fraction of sp³-hybridized carbons (Fsp3) is 0.250. The summed E-state index contributed by atoms with van der Waals surface area (Å²) in [4.78, 5) is 0. The minimum atomic E-state index is -1.80. The van der Waals surface area contributed by atoms with Crippen molar-refractivity contribution < 1.29 is 21.0 Å². The molecule has 0 saturated heterocycles. The van der Waals surface area contributed by atoms with Crippen LogP contribution in [0, 0.1) is 0 Å². The molecule has 0 heterocycles. The van der Waals surface area contributed by atoms with Gasteiger partial charge in [-0.15, -0.1) is 9.05 Å². The number of hydrogen-bond donors (Lipinski definition) is 0. The normalized spacial score (nSPS) is 11.6. The van der Waals surface area contributed by atoms with Crippen molar-refractivity contribution in [3.05, 3.63) is 24.3 Å². The molecule has 0 aliphatic rings. The van der Waals surface area contributed by atoms with Crippen molar-refractivity contribution in [1.82, 2.24) is 0 Å². The molecule has 0 aromatic heterocycles. The quantitative estimate of drug-likeness (QED) is 0.607. The van der Waals surface area contributed by atoms with Crippen LogP contribution in [0.1, 0.15) is 2.85 Å². The van der Waals surface area contributed by atoms with Gasteiger partial charge in [0.05, 0.1) is 14.2 Å². The molecule has 0 radical (unpaired) electrons. The SMILES string of the molecule is CO[P+](=O)c1ccc([P+](=O)OC)cc1.[H-].[H-].[Mg+2]. The van der Waals surface area contributed by atoms with Gasteiger partial charge in [0.25, 0.3) is 0 Å². The van der Waals surface area contributed by atoms with E-state index in [1.807, 2.05) is 0 Å². The number of hydrogen-bond acceptors (Lipinski definition) is 4. The van der Waals surface area contributed by atoms with Gasteiger partial charge in [-0.1, -0.05) is 0 Å². The fourth-order valence-electron chi connectivity index (χ4n) is 0.907. The predicted molar refractivity (Wildman–Crippen MR) is 62.9 cm³/mol. The Bertz CT molecular complexity index is 326. The Morgan fingerprint density at radius 3 is 1.40 bits per heavy atom. The van der Waals surface area contributed by atoms with E-state index >= 15 is 0 Å². The molecule has 0 spiro atoms. The van der Waals surface area contributed by atoms with Gasteiger partial charge in [0, 0.05) is 0 Å². The van der Waals surface area contributed by atoms with Crippen LogP contribution in [0.25, 0.3) is 0 Å². The smallest absolute Gasteiger partial charge is 1.00 e. The Morgan fingerprint density at radius 2 is 1.20 bits per heavy atom. The minimum Gasteiger partial charge on any atom is -1.00 e. The Labute approximate surface area is 109 Å². The van der Waals surface area contributed by atoms with Crippen LogP contribution in [0.5, 0.6) is 0 Å². The summed E-state index contributed by atoms with van der Waals surface area (Å²) in [5.41, 5.74) is 0. The molecule has 7 heteroatoms. The molecule has 0 aliphatic heterocycles. The standard InChI is InChI=1S/C8H10O4P2.Mg.2H/c1-11-13(9)7-3-5-8(6-4-7)14(10)12-2;;;/h3-6H,1-2H3;;;/q2*+2;2*-1. The van der Waals surface area contributed by atoms with Gasteiger partial charge in [0.1, 0.15) is 0 Å². The van der Waals surface area contributed by atoms with E-state index in [4.69, 9.17) is 0 Å². The molecule has 0 bridgehead atoms. The summed E-state index contributed by atoms with van der Waals surface area (Å²) < 4.78 is 31.7. The Morgan fingerprint density at radius 1 is 0.933 bits per heavy atom. The zero-order valence-corrected chi connectivity index (χ0v) is 11.7. The molecule has 4 nitrogen and oxygen atoms in total. The van der Waals surface area contributed by atoms with Crippen LogP contribution in [0.15, 0.2) is 24.3 Å². The van der Waals surface area contributed by atoms with Crippen LogP contribution in [0.4, 0.5) is 0 Å². The van der Waals surface area contributed by atoms with Crippen molar-refractivity contribution in [3.63, 3.8) is 0 Å². The van der Waals surface area contributed by atoms with Crippen LogP contribution in [-0.4, -0.2) is 37.3 Å². The summed E-state index contributed by atoms with van der Waals surface area (Å²) in [7, 11) is -0.836. The second-order valence-corrected chi connectivity index (χ2v) is 5.19. The third kappa shape index (κ3) is 4.23. The molecule has 1 rings (SSSR count). The maximum absolute atomic E-state index is 11.2. The molecule has 2 atom stereocenters. The van der Waals surface area contributed by atoms with E-state index in [0.29, 0.717) is 10.6 Å². The second-order valence-electron chi connectivity index (χ2n) is 2.40. The van der Waals surface area contributed by atoms with Gasteiger partial charge in [-0.2, -0.15) is 0 Å². The largest absolute Gasteiger partial charge is 2.00 e. The zero-order chi connectivity index (χ0) is 10.6. The van der Waals surface area contributed by atoms with E-state index < -0.39 is 16.1 Å². The summed E-state index contributed by atoms with van der Waals surface area (Å²) in [6.07, 6.45) is 0. The second kappa shape index (κ2) is 7.39. The summed E-state index contributed by atoms with van der Waals surface area (Å²) >= 11 is 0. The first-order valence-electron chi connectivity index (χ1n) is 3.82. The zero-order valence-electron chi connectivity index (χ0n) is 10.5. The number of rotatable bonds is 4. The van der Waals surface area contributed by atoms with E-state index in [2.05, 4.69) is 9.05 Å². The van der Waals surface area contributed by atoms with Crippen molar-refractivity contribution in [2.45, 2.75) is 0 Å². The topological polar surface area (TPSA) is 52.6 Å². The molecule has 0 aliphatic carbocycles. The van der Waals surface area contributed by atoms with Crippen LogP contribution in [0.3, 0.4) is 0 Å². The van der Waals surface area contributed by atoms with Crippen LogP contribution >= 0.6 is 16.1 Å². The van der Waals surface area contributed by atoms with E-state index in [1.165, 1.54) is 14.2 Å². The summed E-state index contributed by atoms with van der Waals surface area (Å²) in [5.74, 6) is 0. The molecule has 0 fully saturated rings. The number of benzene rings is 1. The molecule has 0 N–H and O–H groups in total. The Balaban J connectivity index is -0.000000653. The first-order chi connectivity index (χ1) is 6.69. The van der Waals surface area contributed by atoms with Gasteiger partial charge < -0.3 is 2.85 Å². The molecule has 0 amide bonds. The van der Waals surface area contributed by atoms with Crippen molar-refractivity contribution in [2.75, 3.05) is 14.2 Å². The Hall–Kier alpha value is 0.106. The van der Waals surface area contributed by atoms with E-state index in [0.717, 1.165) is 0 Å². The van der Waals surface area contributed by atoms with Gasteiger partial charge in [-0.25, -0.2) is 0 Å². The predicted octanol–water partition coefficient (Wildman–Crippen LogP) is 1.56. The summed E-state index contributed by atoms with van der Waals surface area (Å²) in [5, 5.41) is 1.15. The van der Waals surface area contributed by atoms with Crippen molar-refractivity contribution in [2.24, 2.45) is 0 Å². The van der Waals surface area contributed by atoms with Crippen LogP contribution in [0.2, 0.25) is 0 Å². The van der Waals surface area contributed by atoms with E-state index in [1.54, 1.807) is 24.3 Å². The fourth-order valence-corrected chi connectivity index (χ4v) is 2.11. The Kier molecular flexibility index (Phi) is 7.44. The molecule has 0 saturated carbocycles. The monoisotopic (exact) mass is 258 g/mol. The van der Waals surface area contributed by atoms with E-state index in [-0.39, 0.29) is 25.9 Å². The molecular formula is C8H12MgO4P2+2. The van der Waals surface area contributed by atoms with Gasteiger partial charge in [-0.05, 0) is 33.4 Å². The summed E-state index contributed by atoms with van der Waals surface area (Å²) in [6.45, 7) is 0. The first kappa shape index (κ1) is 15.1. The van der Waals surface area contributed by atoms with Crippen molar-refractivity contribution in [3.8, 4) is 0 Å². The third-order valence-corrected chi connectivity index (χ3v) is 3.71. The first-order valence-corrected chi connectivity index (χ1v) is 6.17. The molecule has 1 aromatic carbocycles. The molecule has 15 heavy (non-hydrogen) atoms. The van der Waals surface area contributed by atoms with Crippen molar-refractivity contribution in [1.29, 1.82) is 0 Å². The van der Waals surface area contributed by atoms with Gasteiger partial charge in [0.15, 0.2) is 0 Å². The van der Waals surface area contributed by atoms with Gasteiger partial charge in [-0.3, -0.25) is 0 Å². The minimum absolute atomic E-state index is 0. The third-order valence-electron chi connectivity index (χ3n) is 1.60. The maximum atomic E-state index is 11.2. The molecule has 1 aromatic rings. The van der Waals surface area contributed by atoms with E-state index in [9.17, 15) is 9.13 Å². The maximum Gasteiger partial charge on any atom is 2.00 e. The average molecular weight is 258 g/mol. The summed E-state index contributed by atoms with van der Waals surface area (Å²) in [6, 6.07) is 6.46. The average Bonchev–Trinajstić information content (AvgIpc) is 2.27. The molecule has 78 valence electrons. The molecule has 2 unspecified atom stereocenters.